The molecule has 2 nitrogen and oxygen atoms in total. The maximum atomic E-state index is 11.1. The van der Waals surface area contributed by atoms with Crippen LogP contribution in [0.3, 0.4) is 0 Å². The van der Waals surface area contributed by atoms with Crippen molar-refractivity contribution >= 4 is 11.6 Å². The van der Waals surface area contributed by atoms with Gasteiger partial charge in [0.05, 0.1) is 0 Å². The van der Waals surface area contributed by atoms with Crippen molar-refractivity contribution in [3.05, 3.63) is 0 Å². The quantitative estimate of drug-likeness (QED) is 0.582. The molecule has 144 valence electrons. The van der Waals surface area contributed by atoms with Gasteiger partial charge in [-0.1, -0.05) is 59.3 Å². The summed E-state index contributed by atoms with van der Waals surface area (Å²) in [6.07, 6.45) is 16.5. The summed E-state index contributed by atoms with van der Waals surface area (Å²) >= 11 is 0. The summed E-state index contributed by atoms with van der Waals surface area (Å²) < 4.78 is 0. The third kappa shape index (κ3) is 6.22. The van der Waals surface area contributed by atoms with Crippen LogP contribution < -0.4 is 0 Å². The van der Waals surface area contributed by atoms with Crippen LogP contribution in [0.1, 0.15) is 111 Å². The fraction of sp³-hybridized carbons (Fsp3) is 0.913. The normalized spacial score (nSPS) is 26.7. The highest BCUT2D eigenvalue weighted by atomic mass is 16.1. The molecule has 0 N–H and O–H groups in total. The van der Waals surface area contributed by atoms with Gasteiger partial charge in [0.2, 0.25) is 0 Å². The standard InChI is InChI=1S/C12H20O.C11H20O/c13-12-8-6-11(7-9-12)10-4-2-1-3-5-10;1-4-9(2)11(3)7-5-10(12)6-8-11/h10-11H,1-9H2;9H,4-8H2,1-3H3. The lowest BCUT2D eigenvalue weighted by Crippen LogP contribution is -2.30. The molecule has 3 aliphatic rings. The van der Waals surface area contributed by atoms with E-state index in [9.17, 15) is 9.59 Å². The van der Waals surface area contributed by atoms with E-state index in [2.05, 4.69) is 20.8 Å². The minimum atomic E-state index is 0.447. The number of Topliss-reactive ketones (excluding diaryl/α,β-unsaturated/α-hetero) is 2. The summed E-state index contributed by atoms with van der Waals surface area (Å²) in [4.78, 5) is 22.2. The Balaban J connectivity index is 0.000000181. The monoisotopic (exact) mass is 348 g/mol. The van der Waals surface area contributed by atoms with Crippen molar-refractivity contribution in [1.29, 1.82) is 0 Å². The predicted octanol–water partition coefficient (Wildman–Crippen LogP) is 6.51. The van der Waals surface area contributed by atoms with E-state index in [0.717, 1.165) is 56.3 Å². The third-order valence-corrected chi connectivity index (χ3v) is 7.66. The van der Waals surface area contributed by atoms with E-state index < -0.39 is 0 Å². The molecular weight excluding hydrogens is 308 g/mol. The van der Waals surface area contributed by atoms with E-state index in [0.29, 0.717) is 17.0 Å². The van der Waals surface area contributed by atoms with Crippen molar-refractivity contribution in [2.24, 2.45) is 23.2 Å². The van der Waals surface area contributed by atoms with Gasteiger partial charge in [0.15, 0.2) is 0 Å². The van der Waals surface area contributed by atoms with Crippen LogP contribution in [-0.2, 0) is 9.59 Å². The van der Waals surface area contributed by atoms with Gasteiger partial charge in [0.25, 0.3) is 0 Å². The third-order valence-electron chi connectivity index (χ3n) is 7.66. The van der Waals surface area contributed by atoms with Crippen molar-refractivity contribution < 1.29 is 9.59 Å². The van der Waals surface area contributed by atoms with Crippen LogP contribution in [0.5, 0.6) is 0 Å². The lowest BCUT2D eigenvalue weighted by molar-refractivity contribution is -0.123. The van der Waals surface area contributed by atoms with Gasteiger partial charge in [0.1, 0.15) is 11.6 Å². The molecule has 2 heteroatoms. The average Bonchev–Trinajstić information content (AvgIpc) is 2.65. The molecule has 1 unspecified atom stereocenters. The lowest BCUT2D eigenvalue weighted by Gasteiger charge is -2.38. The summed E-state index contributed by atoms with van der Waals surface area (Å²) in [5.41, 5.74) is 0.447. The molecule has 0 spiro atoms. The Labute approximate surface area is 155 Å². The van der Waals surface area contributed by atoms with Gasteiger partial charge < -0.3 is 0 Å². The van der Waals surface area contributed by atoms with Crippen LogP contribution in [0, 0.1) is 23.2 Å². The highest BCUT2D eigenvalue weighted by Crippen LogP contribution is 2.42. The number of ketones is 2. The minimum Gasteiger partial charge on any atom is -0.300 e. The van der Waals surface area contributed by atoms with Crippen LogP contribution >= 0.6 is 0 Å². The maximum absolute atomic E-state index is 11.1. The zero-order chi connectivity index (χ0) is 18.3. The van der Waals surface area contributed by atoms with Crippen molar-refractivity contribution in [2.45, 2.75) is 111 Å². The van der Waals surface area contributed by atoms with Gasteiger partial charge in [-0.25, -0.2) is 0 Å². The molecule has 0 bridgehead atoms. The molecule has 0 radical (unpaired) electrons. The van der Waals surface area contributed by atoms with E-state index in [1.54, 1.807) is 0 Å². The minimum absolute atomic E-state index is 0.447. The summed E-state index contributed by atoms with van der Waals surface area (Å²) in [5.74, 6) is 3.62. The molecule has 0 amide bonds. The van der Waals surface area contributed by atoms with Crippen LogP contribution in [0.2, 0.25) is 0 Å². The Hall–Kier alpha value is -0.660. The fourth-order valence-electron chi connectivity index (χ4n) is 5.12. The molecular formula is C23H40O2. The number of hydrogen-bond donors (Lipinski definition) is 0. The Morgan fingerprint density at radius 2 is 1.32 bits per heavy atom. The van der Waals surface area contributed by atoms with Gasteiger partial charge in [-0.05, 0) is 48.9 Å². The largest absolute Gasteiger partial charge is 0.300 e. The number of carbonyl (C=O) groups excluding carboxylic acids is 2. The molecule has 3 aliphatic carbocycles. The molecule has 0 aromatic carbocycles. The van der Waals surface area contributed by atoms with Crippen LogP contribution in [0.15, 0.2) is 0 Å². The summed E-state index contributed by atoms with van der Waals surface area (Å²) in [5, 5.41) is 0. The van der Waals surface area contributed by atoms with E-state index >= 15 is 0 Å². The molecule has 0 aromatic rings. The molecule has 0 heterocycles. The van der Waals surface area contributed by atoms with E-state index in [1.807, 2.05) is 0 Å². The zero-order valence-electron chi connectivity index (χ0n) is 16.9. The molecule has 0 aromatic heterocycles. The Bertz CT molecular complexity index is 413. The number of rotatable bonds is 3. The molecule has 1 atom stereocenters. The van der Waals surface area contributed by atoms with Gasteiger partial charge in [-0.15, -0.1) is 0 Å². The summed E-state index contributed by atoms with van der Waals surface area (Å²) in [6.45, 7) is 6.90. The highest BCUT2D eigenvalue weighted by molar-refractivity contribution is 5.79. The highest BCUT2D eigenvalue weighted by Gasteiger charge is 2.33. The Kier molecular flexibility index (Phi) is 8.16. The second-order valence-electron chi connectivity index (χ2n) is 9.28. The van der Waals surface area contributed by atoms with Gasteiger partial charge in [0, 0.05) is 25.7 Å². The summed E-state index contributed by atoms with van der Waals surface area (Å²) in [7, 11) is 0. The topological polar surface area (TPSA) is 34.1 Å². The average molecular weight is 349 g/mol. The molecule has 0 aliphatic heterocycles. The van der Waals surface area contributed by atoms with Crippen molar-refractivity contribution in [3.63, 3.8) is 0 Å². The first-order chi connectivity index (χ1) is 11.9. The Morgan fingerprint density at radius 1 is 0.840 bits per heavy atom. The van der Waals surface area contributed by atoms with Gasteiger partial charge in [-0.2, -0.15) is 0 Å². The first kappa shape index (κ1) is 20.6. The van der Waals surface area contributed by atoms with Crippen molar-refractivity contribution in [2.75, 3.05) is 0 Å². The molecule has 3 rings (SSSR count). The van der Waals surface area contributed by atoms with Crippen LogP contribution in [0.4, 0.5) is 0 Å². The fourth-order valence-corrected chi connectivity index (χ4v) is 5.12. The summed E-state index contributed by atoms with van der Waals surface area (Å²) in [6, 6.07) is 0. The molecule has 3 fully saturated rings. The first-order valence-corrected chi connectivity index (χ1v) is 11.0. The number of carbonyl (C=O) groups is 2. The van der Waals surface area contributed by atoms with Crippen LogP contribution in [0.25, 0.3) is 0 Å². The maximum Gasteiger partial charge on any atom is 0.132 e. The smallest absolute Gasteiger partial charge is 0.132 e. The molecule has 25 heavy (non-hydrogen) atoms. The molecule has 0 saturated heterocycles. The van der Waals surface area contributed by atoms with E-state index in [1.165, 1.54) is 51.4 Å². The second kappa shape index (κ2) is 9.88. The first-order valence-electron chi connectivity index (χ1n) is 11.0. The van der Waals surface area contributed by atoms with Crippen LogP contribution in [-0.4, -0.2) is 11.6 Å². The molecule has 3 saturated carbocycles. The lowest BCUT2D eigenvalue weighted by atomic mass is 9.67. The van der Waals surface area contributed by atoms with Gasteiger partial charge >= 0.3 is 0 Å². The Morgan fingerprint density at radius 3 is 1.84 bits per heavy atom. The second-order valence-corrected chi connectivity index (χ2v) is 9.28. The predicted molar refractivity (Wildman–Crippen MR) is 105 cm³/mol. The van der Waals surface area contributed by atoms with E-state index in [4.69, 9.17) is 0 Å². The van der Waals surface area contributed by atoms with Crippen molar-refractivity contribution in [3.8, 4) is 0 Å². The van der Waals surface area contributed by atoms with Crippen molar-refractivity contribution in [1.82, 2.24) is 0 Å². The van der Waals surface area contributed by atoms with E-state index in [-0.39, 0.29) is 0 Å². The number of hydrogen-bond acceptors (Lipinski definition) is 2. The SMILES string of the molecule is CCC(C)C1(C)CCC(=O)CC1.O=C1CCC(C2CCCCC2)CC1. The van der Waals surface area contributed by atoms with Gasteiger partial charge in [-0.3, -0.25) is 9.59 Å². The zero-order valence-corrected chi connectivity index (χ0v) is 16.9.